The lowest BCUT2D eigenvalue weighted by Gasteiger charge is -2.15. The molecule has 2 aromatic carbocycles. The molecule has 0 bridgehead atoms. The summed E-state index contributed by atoms with van der Waals surface area (Å²) in [7, 11) is 0. The number of halogens is 3. The normalized spacial score (nSPS) is 12.4. The Hall–Kier alpha value is -2.98. The second-order valence-electron chi connectivity index (χ2n) is 6.50. The van der Waals surface area contributed by atoms with Crippen molar-refractivity contribution in [2.45, 2.75) is 32.3 Å². The van der Waals surface area contributed by atoms with Gasteiger partial charge in [0.05, 0.1) is 6.04 Å². The van der Waals surface area contributed by atoms with E-state index in [1.807, 2.05) is 24.3 Å². The summed E-state index contributed by atoms with van der Waals surface area (Å²) in [6.07, 6.45) is -4.23. The van der Waals surface area contributed by atoms with Crippen molar-refractivity contribution in [2.24, 2.45) is 5.73 Å². The third-order valence-corrected chi connectivity index (χ3v) is 5.24. The summed E-state index contributed by atoms with van der Waals surface area (Å²) in [5.74, 6) is -0.517. The lowest BCUT2D eigenvalue weighted by molar-refractivity contribution is -0.274. The molecule has 1 atom stereocenters. The Balaban J connectivity index is 1.78. The number of rotatable bonds is 7. The minimum Gasteiger partial charge on any atom is -0.406 e. The summed E-state index contributed by atoms with van der Waals surface area (Å²) in [6.45, 7) is 1.87. The van der Waals surface area contributed by atoms with Gasteiger partial charge in [0.25, 0.3) is 0 Å². The zero-order valence-electron chi connectivity index (χ0n) is 15.9. The number of ether oxygens (including phenoxy) is 1. The quantitative estimate of drug-likeness (QED) is 0.585. The van der Waals surface area contributed by atoms with Crippen LogP contribution in [0.15, 0.2) is 48.5 Å². The molecule has 1 heterocycles. The van der Waals surface area contributed by atoms with Gasteiger partial charge in [0.1, 0.15) is 15.8 Å². The number of alkyl halides is 3. The molecule has 0 saturated carbocycles. The van der Waals surface area contributed by atoms with Gasteiger partial charge in [0.15, 0.2) is 0 Å². The molecule has 0 radical (unpaired) electrons. The minimum atomic E-state index is -4.74. The van der Waals surface area contributed by atoms with Gasteiger partial charge < -0.3 is 15.8 Å². The topological polar surface area (TPSA) is 90.1 Å². The van der Waals surface area contributed by atoms with E-state index in [1.165, 1.54) is 42.5 Å². The van der Waals surface area contributed by atoms with Gasteiger partial charge in [-0.2, -0.15) is 0 Å². The van der Waals surface area contributed by atoms with Gasteiger partial charge in [0.2, 0.25) is 5.91 Å². The molecule has 3 rings (SSSR count). The van der Waals surface area contributed by atoms with Gasteiger partial charge in [-0.1, -0.05) is 35.6 Å². The summed E-state index contributed by atoms with van der Waals surface area (Å²) in [5.41, 5.74) is 8.22. The van der Waals surface area contributed by atoms with Crippen molar-refractivity contribution >= 4 is 17.2 Å². The van der Waals surface area contributed by atoms with E-state index in [9.17, 15) is 18.0 Å². The average molecular weight is 436 g/mol. The number of hydrogen-bond donors (Lipinski definition) is 2. The molecule has 6 nitrogen and oxygen atoms in total. The van der Waals surface area contributed by atoms with Crippen LogP contribution in [0.2, 0.25) is 0 Å². The number of benzene rings is 2. The Morgan fingerprint density at radius 2 is 1.73 bits per heavy atom. The van der Waals surface area contributed by atoms with Crippen molar-refractivity contribution in [2.75, 3.05) is 0 Å². The summed E-state index contributed by atoms with van der Waals surface area (Å²) in [5, 5.41) is 12.3. The maximum absolute atomic E-state index is 12.3. The smallest absolute Gasteiger partial charge is 0.406 e. The molecule has 10 heteroatoms. The first-order valence-electron chi connectivity index (χ1n) is 8.98. The Kier molecular flexibility index (Phi) is 6.68. The molecule has 0 aliphatic carbocycles. The molecule has 158 valence electrons. The summed E-state index contributed by atoms with van der Waals surface area (Å²) in [6, 6.07) is 12.7. The molecule has 1 aromatic heterocycles. The molecule has 1 amide bonds. The van der Waals surface area contributed by atoms with E-state index >= 15 is 0 Å². The molecular formula is C20H19F3N4O2S. The third kappa shape index (κ3) is 6.01. The molecule has 0 aliphatic rings. The molecule has 0 saturated heterocycles. The van der Waals surface area contributed by atoms with Gasteiger partial charge in [-0.15, -0.1) is 23.4 Å². The fourth-order valence-electron chi connectivity index (χ4n) is 2.78. The maximum Gasteiger partial charge on any atom is 0.573 e. The minimum absolute atomic E-state index is 0.205. The van der Waals surface area contributed by atoms with Gasteiger partial charge in [-0.05, 0) is 41.8 Å². The monoisotopic (exact) mass is 436 g/mol. The molecule has 0 fully saturated rings. The number of carbonyl (C=O) groups excluding carboxylic acids is 1. The second kappa shape index (κ2) is 9.23. The fourth-order valence-corrected chi connectivity index (χ4v) is 3.68. The van der Waals surface area contributed by atoms with Gasteiger partial charge in [-0.25, -0.2) is 0 Å². The van der Waals surface area contributed by atoms with Crippen LogP contribution >= 0.6 is 11.3 Å². The summed E-state index contributed by atoms with van der Waals surface area (Å²) in [4.78, 5) is 11.7. The second-order valence-corrected chi connectivity index (χ2v) is 7.50. The number of aromatic nitrogens is 2. The maximum atomic E-state index is 12.3. The number of carbonyl (C=O) groups is 1. The van der Waals surface area contributed by atoms with Gasteiger partial charge in [-0.3, -0.25) is 4.79 Å². The predicted molar refractivity (Wildman–Crippen MR) is 107 cm³/mol. The molecule has 0 spiro atoms. The van der Waals surface area contributed by atoms with Crippen LogP contribution in [0.3, 0.4) is 0 Å². The number of nitrogens with two attached hydrogens (primary N) is 1. The first kappa shape index (κ1) is 21.7. The van der Waals surface area contributed by atoms with Gasteiger partial charge in [0, 0.05) is 19.0 Å². The van der Waals surface area contributed by atoms with E-state index in [0.717, 1.165) is 11.1 Å². The number of nitrogens with zero attached hydrogens (tertiary/aromatic N) is 2. The molecule has 3 aromatic rings. The van der Waals surface area contributed by atoms with Crippen LogP contribution in [0.5, 0.6) is 5.75 Å². The van der Waals surface area contributed by atoms with Crippen molar-refractivity contribution in [3.05, 3.63) is 64.7 Å². The molecule has 1 unspecified atom stereocenters. The SMILES string of the molecule is CC(=O)NC(Cc1ccc(CN)cc1)c1nnc(-c2ccc(OC(F)(F)F)cc2)s1. The Morgan fingerprint density at radius 1 is 1.10 bits per heavy atom. The number of nitrogens with one attached hydrogen (secondary N) is 1. The van der Waals surface area contributed by atoms with E-state index in [0.29, 0.717) is 28.5 Å². The first-order chi connectivity index (χ1) is 14.2. The van der Waals surface area contributed by atoms with Crippen molar-refractivity contribution < 1.29 is 22.7 Å². The Bertz CT molecular complexity index is 989. The summed E-state index contributed by atoms with van der Waals surface area (Å²) >= 11 is 1.26. The summed E-state index contributed by atoms with van der Waals surface area (Å²) < 4.78 is 40.8. The zero-order chi connectivity index (χ0) is 21.7. The zero-order valence-corrected chi connectivity index (χ0v) is 16.8. The first-order valence-corrected chi connectivity index (χ1v) is 9.79. The lowest BCUT2D eigenvalue weighted by Crippen LogP contribution is -2.27. The third-order valence-electron chi connectivity index (χ3n) is 4.15. The highest BCUT2D eigenvalue weighted by Crippen LogP contribution is 2.31. The van der Waals surface area contributed by atoms with Crippen molar-refractivity contribution in [1.29, 1.82) is 0 Å². The van der Waals surface area contributed by atoms with Crippen LogP contribution in [0.1, 0.15) is 29.1 Å². The van der Waals surface area contributed by atoms with E-state index in [4.69, 9.17) is 5.73 Å². The highest BCUT2D eigenvalue weighted by molar-refractivity contribution is 7.14. The van der Waals surface area contributed by atoms with E-state index < -0.39 is 6.36 Å². The van der Waals surface area contributed by atoms with Crippen LogP contribution in [0.25, 0.3) is 10.6 Å². The Labute approximate surface area is 174 Å². The molecule has 0 aliphatic heterocycles. The van der Waals surface area contributed by atoms with Crippen LogP contribution in [-0.4, -0.2) is 22.5 Å². The highest BCUT2D eigenvalue weighted by atomic mass is 32.1. The van der Waals surface area contributed by atoms with Gasteiger partial charge >= 0.3 is 6.36 Å². The highest BCUT2D eigenvalue weighted by Gasteiger charge is 2.31. The number of hydrogen-bond acceptors (Lipinski definition) is 6. The van der Waals surface area contributed by atoms with Crippen molar-refractivity contribution in [3.8, 4) is 16.3 Å². The number of amides is 1. The van der Waals surface area contributed by atoms with Crippen LogP contribution < -0.4 is 15.8 Å². The van der Waals surface area contributed by atoms with Crippen molar-refractivity contribution in [3.63, 3.8) is 0 Å². The Morgan fingerprint density at radius 3 is 2.30 bits per heavy atom. The lowest BCUT2D eigenvalue weighted by atomic mass is 10.0. The van der Waals surface area contributed by atoms with E-state index in [1.54, 1.807) is 0 Å². The van der Waals surface area contributed by atoms with E-state index in [-0.39, 0.29) is 17.7 Å². The standard InChI is InChI=1S/C20H19F3N4O2S/c1-12(28)25-17(10-13-2-4-14(11-24)5-3-13)19-27-26-18(30-19)15-6-8-16(9-7-15)29-20(21,22)23/h2-9,17H,10-11,24H2,1H3,(H,25,28). The van der Waals surface area contributed by atoms with Crippen LogP contribution in [-0.2, 0) is 17.8 Å². The van der Waals surface area contributed by atoms with E-state index in [2.05, 4.69) is 20.3 Å². The fraction of sp³-hybridized carbons (Fsp3) is 0.250. The molecule has 30 heavy (non-hydrogen) atoms. The largest absolute Gasteiger partial charge is 0.573 e. The van der Waals surface area contributed by atoms with Crippen LogP contribution in [0.4, 0.5) is 13.2 Å². The molecular weight excluding hydrogens is 417 g/mol. The average Bonchev–Trinajstić information content (AvgIpc) is 3.17. The molecule has 3 N–H and O–H groups in total. The predicted octanol–water partition coefficient (Wildman–Crippen LogP) is 3.98. The van der Waals surface area contributed by atoms with Crippen molar-refractivity contribution in [1.82, 2.24) is 15.5 Å². The van der Waals surface area contributed by atoms with Crippen LogP contribution in [0, 0.1) is 0 Å².